The van der Waals surface area contributed by atoms with E-state index in [1.54, 1.807) is 21.3 Å². The summed E-state index contributed by atoms with van der Waals surface area (Å²) in [6.07, 6.45) is 1.97. The van der Waals surface area contributed by atoms with Crippen molar-refractivity contribution < 1.29 is 14.2 Å². The van der Waals surface area contributed by atoms with Crippen molar-refractivity contribution in [3.63, 3.8) is 0 Å². The van der Waals surface area contributed by atoms with E-state index in [0.717, 1.165) is 11.3 Å². The van der Waals surface area contributed by atoms with Crippen LogP contribution in [0.4, 0.5) is 0 Å². The Labute approximate surface area is 118 Å². The van der Waals surface area contributed by atoms with Gasteiger partial charge in [0, 0.05) is 18.9 Å². The number of hydrogen-bond donors (Lipinski definition) is 1. The third kappa shape index (κ3) is 2.44. The Hall–Kier alpha value is -2.14. The highest BCUT2D eigenvalue weighted by molar-refractivity contribution is 5.55. The number of aryl methyl sites for hydroxylation is 1. The summed E-state index contributed by atoms with van der Waals surface area (Å²) in [5.41, 5.74) is 8.24. The smallest absolute Gasteiger partial charge is 0.203 e. The lowest BCUT2D eigenvalue weighted by molar-refractivity contribution is 0.323. The van der Waals surface area contributed by atoms with Gasteiger partial charge in [0.1, 0.15) is 0 Å². The van der Waals surface area contributed by atoms with E-state index in [9.17, 15) is 0 Å². The number of benzene rings is 1. The van der Waals surface area contributed by atoms with E-state index < -0.39 is 0 Å². The quantitative estimate of drug-likeness (QED) is 0.908. The normalized spacial score (nSPS) is 12.1. The Balaban J connectivity index is 2.49. The van der Waals surface area contributed by atoms with Crippen molar-refractivity contribution in [2.24, 2.45) is 12.8 Å². The van der Waals surface area contributed by atoms with Crippen molar-refractivity contribution in [1.29, 1.82) is 0 Å². The highest BCUT2D eigenvalue weighted by atomic mass is 16.5. The number of methoxy groups -OCH3 is 3. The maximum Gasteiger partial charge on any atom is 0.203 e. The Kier molecular flexibility index (Phi) is 4.20. The average Bonchev–Trinajstić information content (AvgIpc) is 2.90. The molecule has 2 rings (SSSR count). The van der Waals surface area contributed by atoms with Crippen molar-refractivity contribution in [3.8, 4) is 17.2 Å². The summed E-state index contributed by atoms with van der Waals surface area (Å²) in [5.74, 6) is 1.77. The second-order valence-electron chi connectivity index (χ2n) is 4.48. The molecule has 2 aromatic rings. The zero-order chi connectivity index (χ0) is 14.7. The first-order valence-corrected chi connectivity index (χ1v) is 6.29. The number of hydrogen-bond acceptors (Lipinski definition) is 4. The minimum atomic E-state index is -0.260. The Bertz CT molecular complexity index is 568. The standard InChI is InChI=1S/C15H20N2O3/c1-17-7-5-6-11(17)14(16)10-8-12(18-2)15(20-4)13(9-10)19-3/h5-9,14H,16H2,1-4H3. The molecule has 2 N–H and O–H groups in total. The third-order valence-electron chi connectivity index (χ3n) is 3.35. The molecule has 0 amide bonds. The Morgan fingerprint density at radius 1 is 1.05 bits per heavy atom. The van der Waals surface area contributed by atoms with E-state index in [-0.39, 0.29) is 6.04 Å². The third-order valence-corrected chi connectivity index (χ3v) is 3.35. The van der Waals surface area contributed by atoms with Gasteiger partial charge in [0.25, 0.3) is 0 Å². The average molecular weight is 276 g/mol. The van der Waals surface area contributed by atoms with E-state index in [0.29, 0.717) is 17.2 Å². The first-order valence-electron chi connectivity index (χ1n) is 6.29. The van der Waals surface area contributed by atoms with Crippen molar-refractivity contribution in [1.82, 2.24) is 4.57 Å². The van der Waals surface area contributed by atoms with Crippen LogP contribution in [0.3, 0.4) is 0 Å². The van der Waals surface area contributed by atoms with E-state index >= 15 is 0 Å². The molecule has 1 heterocycles. The largest absolute Gasteiger partial charge is 0.493 e. The van der Waals surface area contributed by atoms with Crippen LogP contribution in [0.1, 0.15) is 17.3 Å². The molecule has 108 valence electrons. The number of aromatic nitrogens is 1. The van der Waals surface area contributed by atoms with Gasteiger partial charge in [0.2, 0.25) is 5.75 Å². The van der Waals surface area contributed by atoms with Gasteiger partial charge < -0.3 is 24.5 Å². The summed E-state index contributed by atoms with van der Waals surface area (Å²) in [5, 5.41) is 0. The van der Waals surface area contributed by atoms with Crippen LogP contribution in [0.15, 0.2) is 30.5 Å². The van der Waals surface area contributed by atoms with Gasteiger partial charge >= 0.3 is 0 Å². The molecule has 1 aromatic heterocycles. The van der Waals surface area contributed by atoms with E-state index in [1.165, 1.54) is 0 Å². The van der Waals surface area contributed by atoms with Crippen molar-refractivity contribution in [2.45, 2.75) is 6.04 Å². The van der Waals surface area contributed by atoms with Crippen LogP contribution >= 0.6 is 0 Å². The first kappa shape index (κ1) is 14.3. The molecular weight excluding hydrogens is 256 g/mol. The zero-order valence-corrected chi connectivity index (χ0v) is 12.2. The minimum absolute atomic E-state index is 0.260. The van der Waals surface area contributed by atoms with E-state index in [1.807, 2.05) is 42.1 Å². The summed E-state index contributed by atoms with van der Waals surface area (Å²) >= 11 is 0. The summed E-state index contributed by atoms with van der Waals surface area (Å²) in [4.78, 5) is 0. The molecule has 1 unspecified atom stereocenters. The predicted octanol–water partition coefficient (Wildman–Crippen LogP) is 2.10. The molecule has 0 radical (unpaired) electrons. The molecule has 0 aliphatic rings. The molecule has 20 heavy (non-hydrogen) atoms. The molecule has 0 aliphatic heterocycles. The maximum absolute atomic E-state index is 6.33. The van der Waals surface area contributed by atoms with Crippen LogP contribution in [-0.4, -0.2) is 25.9 Å². The fourth-order valence-electron chi connectivity index (χ4n) is 2.25. The van der Waals surface area contributed by atoms with Gasteiger partial charge in [0.15, 0.2) is 11.5 Å². The van der Waals surface area contributed by atoms with Gasteiger partial charge in [-0.3, -0.25) is 0 Å². The maximum atomic E-state index is 6.33. The monoisotopic (exact) mass is 276 g/mol. The van der Waals surface area contributed by atoms with Gasteiger partial charge in [0.05, 0.1) is 27.4 Å². The minimum Gasteiger partial charge on any atom is -0.493 e. The molecule has 5 heteroatoms. The Morgan fingerprint density at radius 3 is 2.05 bits per heavy atom. The number of nitrogens with zero attached hydrogens (tertiary/aromatic N) is 1. The zero-order valence-electron chi connectivity index (χ0n) is 12.2. The van der Waals surface area contributed by atoms with Crippen LogP contribution in [0.25, 0.3) is 0 Å². The van der Waals surface area contributed by atoms with Crippen LogP contribution in [0.5, 0.6) is 17.2 Å². The number of ether oxygens (including phenoxy) is 3. The predicted molar refractivity (Wildman–Crippen MR) is 77.5 cm³/mol. The van der Waals surface area contributed by atoms with Gasteiger partial charge in [-0.15, -0.1) is 0 Å². The van der Waals surface area contributed by atoms with E-state index in [4.69, 9.17) is 19.9 Å². The van der Waals surface area contributed by atoms with Crippen LogP contribution in [-0.2, 0) is 7.05 Å². The topological polar surface area (TPSA) is 58.6 Å². The highest BCUT2D eigenvalue weighted by Crippen LogP contribution is 2.40. The van der Waals surface area contributed by atoms with Gasteiger partial charge in [-0.25, -0.2) is 0 Å². The molecular formula is C15H20N2O3. The molecule has 5 nitrogen and oxygen atoms in total. The fraction of sp³-hybridized carbons (Fsp3) is 0.333. The van der Waals surface area contributed by atoms with Crippen LogP contribution in [0.2, 0.25) is 0 Å². The summed E-state index contributed by atoms with van der Waals surface area (Å²) in [7, 11) is 6.73. The molecule has 0 aliphatic carbocycles. The fourth-order valence-corrected chi connectivity index (χ4v) is 2.25. The van der Waals surface area contributed by atoms with Crippen molar-refractivity contribution >= 4 is 0 Å². The molecule has 0 saturated heterocycles. The summed E-state index contributed by atoms with van der Waals surface area (Å²) in [6, 6.07) is 7.45. The molecule has 0 saturated carbocycles. The number of rotatable bonds is 5. The lowest BCUT2D eigenvalue weighted by Gasteiger charge is -2.18. The second-order valence-corrected chi connectivity index (χ2v) is 4.48. The van der Waals surface area contributed by atoms with Crippen molar-refractivity contribution in [2.75, 3.05) is 21.3 Å². The first-order chi connectivity index (χ1) is 9.62. The van der Waals surface area contributed by atoms with Gasteiger partial charge in [-0.1, -0.05) is 0 Å². The summed E-state index contributed by atoms with van der Waals surface area (Å²) < 4.78 is 18.0. The number of nitrogens with two attached hydrogens (primary N) is 1. The van der Waals surface area contributed by atoms with Crippen molar-refractivity contribution in [3.05, 3.63) is 41.7 Å². The SMILES string of the molecule is COc1cc(C(N)c2cccn2C)cc(OC)c1OC. The molecule has 1 aromatic carbocycles. The van der Waals surface area contributed by atoms with Gasteiger partial charge in [-0.05, 0) is 29.8 Å². The lowest BCUT2D eigenvalue weighted by atomic mass is 10.0. The lowest BCUT2D eigenvalue weighted by Crippen LogP contribution is -2.15. The highest BCUT2D eigenvalue weighted by Gasteiger charge is 2.18. The summed E-state index contributed by atoms with van der Waals surface area (Å²) in [6.45, 7) is 0. The molecule has 0 spiro atoms. The molecule has 0 fully saturated rings. The van der Waals surface area contributed by atoms with E-state index in [2.05, 4.69) is 0 Å². The molecule has 0 bridgehead atoms. The van der Waals surface area contributed by atoms with Gasteiger partial charge in [-0.2, -0.15) is 0 Å². The van der Waals surface area contributed by atoms with Crippen LogP contribution < -0.4 is 19.9 Å². The van der Waals surface area contributed by atoms with Crippen LogP contribution in [0, 0.1) is 0 Å². The molecule has 1 atom stereocenters. The second kappa shape index (κ2) is 5.88. The Morgan fingerprint density at radius 2 is 1.65 bits per heavy atom.